The first kappa shape index (κ1) is 12.2. The van der Waals surface area contributed by atoms with Gasteiger partial charge in [-0.25, -0.2) is 8.78 Å². The highest BCUT2D eigenvalue weighted by atomic mass is 19.1. The van der Waals surface area contributed by atoms with Crippen molar-refractivity contribution in [3.8, 4) is 0 Å². The van der Waals surface area contributed by atoms with Crippen molar-refractivity contribution in [2.45, 2.75) is 13.3 Å². The maximum atomic E-state index is 13.3. The van der Waals surface area contributed by atoms with Gasteiger partial charge < -0.3 is 5.32 Å². The van der Waals surface area contributed by atoms with Gasteiger partial charge >= 0.3 is 0 Å². The van der Waals surface area contributed by atoms with Crippen molar-refractivity contribution in [2.24, 2.45) is 0 Å². The highest BCUT2D eigenvalue weighted by Crippen LogP contribution is 2.18. The van der Waals surface area contributed by atoms with Crippen LogP contribution in [0.25, 0.3) is 0 Å². The van der Waals surface area contributed by atoms with Crippen LogP contribution in [0.5, 0.6) is 0 Å². The number of rotatable bonds is 3. The van der Waals surface area contributed by atoms with E-state index in [2.05, 4.69) is 15.5 Å². The maximum absolute atomic E-state index is 13.3. The fourth-order valence-electron chi connectivity index (χ4n) is 1.53. The smallest absolute Gasteiger partial charge is 0.230 e. The fraction of sp³-hybridized carbons (Fsp3) is 0.167. The average molecular weight is 251 g/mol. The minimum absolute atomic E-state index is 0.0435. The average Bonchev–Trinajstić information content (AvgIpc) is 2.69. The first-order valence-corrected chi connectivity index (χ1v) is 5.31. The van der Waals surface area contributed by atoms with Crippen LogP contribution in [0.4, 0.5) is 14.5 Å². The zero-order valence-corrected chi connectivity index (χ0v) is 9.63. The Labute approximate surface area is 102 Å². The van der Waals surface area contributed by atoms with E-state index in [1.807, 2.05) is 0 Å². The lowest BCUT2D eigenvalue weighted by molar-refractivity contribution is -0.115. The number of nitrogens with one attached hydrogen (secondary N) is 2. The molecule has 0 unspecified atom stereocenters. The van der Waals surface area contributed by atoms with Gasteiger partial charge in [-0.3, -0.25) is 9.89 Å². The Morgan fingerprint density at radius 1 is 1.39 bits per heavy atom. The Morgan fingerprint density at radius 3 is 2.61 bits per heavy atom. The number of halogens is 2. The molecule has 0 bridgehead atoms. The number of para-hydroxylation sites is 1. The summed E-state index contributed by atoms with van der Waals surface area (Å²) in [5.74, 6) is -2.13. The number of aromatic amines is 1. The minimum Gasteiger partial charge on any atom is -0.321 e. The van der Waals surface area contributed by atoms with Crippen LogP contribution in [-0.4, -0.2) is 16.1 Å². The Morgan fingerprint density at radius 2 is 2.06 bits per heavy atom. The summed E-state index contributed by atoms with van der Waals surface area (Å²) in [6.07, 6.45) is -0.0435. The molecule has 18 heavy (non-hydrogen) atoms. The van der Waals surface area contributed by atoms with Gasteiger partial charge in [-0.2, -0.15) is 5.10 Å². The molecule has 1 aromatic carbocycles. The number of amides is 1. The fourth-order valence-corrected chi connectivity index (χ4v) is 1.53. The summed E-state index contributed by atoms with van der Waals surface area (Å²) in [7, 11) is 0. The molecule has 1 heterocycles. The van der Waals surface area contributed by atoms with E-state index in [-0.39, 0.29) is 6.42 Å². The molecule has 2 rings (SSSR count). The first-order valence-electron chi connectivity index (χ1n) is 5.31. The van der Waals surface area contributed by atoms with Crippen LogP contribution >= 0.6 is 0 Å². The summed E-state index contributed by atoms with van der Waals surface area (Å²) in [5.41, 5.74) is 0.895. The summed E-state index contributed by atoms with van der Waals surface area (Å²) in [5, 5.41) is 8.74. The summed E-state index contributed by atoms with van der Waals surface area (Å²) < 4.78 is 26.6. The normalized spacial score (nSPS) is 10.4. The van der Waals surface area contributed by atoms with Crippen LogP contribution in [0.15, 0.2) is 24.3 Å². The van der Waals surface area contributed by atoms with Crippen LogP contribution in [0.3, 0.4) is 0 Å². The van der Waals surface area contributed by atoms with E-state index in [1.54, 1.807) is 13.0 Å². The van der Waals surface area contributed by atoms with Crippen LogP contribution < -0.4 is 5.32 Å². The van der Waals surface area contributed by atoms with E-state index in [1.165, 1.54) is 6.07 Å². The van der Waals surface area contributed by atoms with Gasteiger partial charge in [0.1, 0.15) is 17.3 Å². The van der Waals surface area contributed by atoms with Gasteiger partial charge in [-0.1, -0.05) is 6.07 Å². The Balaban J connectivity index is 2.08. The summed E-state index contributed by atoms with van der Waals surface area (Å²) in [6, 6.07) is 5.09. The predicted octanol–water partition coefficient (Wildman–Crippen LogP) is 2.18. The molecule has 0 atom stereocenters. The van der Waals surface area contributed by atoms with E-state index in [0.29, 0.717) is 5.69 Å². The number of carbonyl (C=O) groups excluding carboxylic acids is 1. The first-order chi connectivity index (χ1) is 8.56. The minimum atomic E-state index is -0.804. The molecule has 2 N–H and O–H groups in total. The molecule has 0 saturated heterocycles. The number of carbonyl (C=O) groups is 1. The van der Waals surface area contributed by atoms with Crippen molar-refractivity contribution in [3.05, 3.63) is 47.3 Å². The van der Waals surface area contributed by atoms with Crippen LogP contribution in [0.2, 0.25) is 0 Å². The lowest BCUT2D eigenvalue weighted by atomic mass is 10.2. The molecule has 0 aliphatic heterocycles. The molecule has 1 amide bonds. The summed E-state index contributed by atoms with van der Waals surface area (Å²) in [6.45, 7) is 1.80. The SMILES string of the molecule is Cc1cc(CC(=O)Nc2c(F)cccc2F)n[nH]1. The summed E-state index contributed by atoms with van der Waals surface area (Å²) >= 11 is 0. The Hall–Kier alpha value is -2.24. The molecule has 0 saturated carbocycles. The largest absolute Gasteiger partial charge is 0.321 e. The Kier molecular flexibility index (Phi) is 3.36. The molecule has 0 aliphatic rings. The molecule has 0 fully saturated rings. The topological polar surface area (TPSA) is 57.8 Å². The second-order valence-corrected chi connectivity index (χ2v) is 3.86. The molecule has 1 aromatic heterocycles. The Bertz CT molecular complexity index is 560. The van der Waals surface area contributed by atoms with Crippen LogP contribution in [-0.2, 0) is 11.2 Å². The second kappa shape index (κ2) is 4.95. The van der Waals surface area contributed by atoms with Gasteiger partial charge in [0, 0.05) is 5.69 Å². The van der Waals surface area contributed by atoms with Gasteiger partial charge in [0.25, 0.3) is 0 Å². The van der Waals surface area contributed by atoms with E-state index >= 15 is 0 Å². The molecule has 4 nitrogen and oxygen atoms in total. The van der Waals surface area contributed by atoms with Gasteiger partial charge in [0.15, 0.2) is 0 Å². The van der Waals surface area contributed by atoms with Crippen LogP contribution in [0, 0.1) is 18.6 Å². The number of H-pyrrole nitrogens is 1. The predicted molar refractivity (Wildman–Crippen MR) is 62.0 cm³/mol. The number of nitrogens with zero attached hydrogens (tertiary/aromatic N) is 1. The number of anilines is 1. The molecular formula is C12H11F2N3O. The maximum Gasteiger partial charge on any atom is 0.230 e. The monoisotopic (exact) mass is 251 g/mol. The quantitative estimate of drug-likeness (QED) is 0.878. The molecule has 2 aromatic rings. The number of hydrogen-bond acceptors (Lipinski definition) is 2. The van der Waals surface area contributed by atoms with E-state index in [9.17, 15) is 13.6 Å². The van der Waals surface area contributed by atoms with Crippen molar-refractivity contribution in [1.29, 1.82) is 0 Å². The highest BCUT2D eigenvalue weighted by Gasteiger charge is 2.13. The molecule has 0 spiro atoms. The zero-order chi connectivity index (χ0) is 13.1. The third-order valence-corrected chi connectivity index (χ3v) is 2.33. The number of aromatic nitrogens is 2. The molecule has 0 radical (unpaired) electrons. The number of benzene rings is 1. The lowest BCUT2D eigenvalue weighted by Crippen LogP contribution is -2.16. The third kappa shape index (κ3) is 2.71. The van der Waals surface area contributed by atoms with Crippen molar-refractivity contribution in [2.75, 3.05) is 5.32 Å². The van der Waals surface area contributed by atoms with Crippen molar-refractivity contribution in [3.63, 3.8) is 0 Å². The molecule has 6 heteroatoms. The van der Waals surface area contributed by atoms with Gasteiger partial charge in [0.05, 0.1) is 12.1 Å². The second-order valence-electron chi connectivity index (χ2n) is 3.86. The van der Waals surface area contributed by atoms with Crippen molar-refractivity contribution < 1.29 is 13.6 Å². The van der Waals surface area contributed by atoms with Crippen LogP contribution in [0.1, 0.15) is 11.4 Å². The van der Waals surface area contributed by atoms with Gasteiger partial charge in [0.2, 0.25) is 5.91 Å². The molecule has 0 aliphatic carbocycles. The highest BCUT2D eigenvalue weighted by molar-refractivity contribution is 5.92. The number of aryl methyl sites for hydroxylation is 1. The lowest BCUT2D eigenvalue weighted by Gasteiger charge is -2.06. The van der Waals surface area contributed by atoms with Crippen molar-refractivity contribution >= 4 is 11.6 Å². The standard InChI is InChI=1S/C12H11F2N3O/c1-7-5-8(17-16-7)6-11(18)15-12-9(13)3-2-4-10(12)14/h2-5H,6H2,1H3,(H,15,18)(H,16,17). The van der Waals surface area contributed by atoms with Gasteiger partial charge in [-0.05, 0) is 25.1 Å². The van der Waals surface area contributed by atoms with E-state index < -0.39 is 23.2 Å². The summed E-state index contributed by atoms with van der Waals surface area (Å²) in [4.78, 5) is 11.6. The van der Waals surface area contributed by atoms with Crippen molar-refractivity contribution in [1.82, 2.24) is 10.2 Å². The zero-order valence-electron chi connectivity index (χ0n) is 9.63. The number of hydrogen-bond donors (Lipinski definition) is 2. The van der Waals surface area contributed by atoms with Gasteiger partial charge in [-0.15, -0.1) is 0 Å². The third-order valence-electron chi connectivity index (χ3n) is 2.33. The molecular weight excluding hydrogens is 240 g/mol. The van der Waals surface area contributed by atoms with E-state index in [0.717, 1.165) is 17.8 Å². The van der Waals surface area contributed by atoms with E-state index in [4.69, 9.17) is 0 Å². The molecule has 94 valence electrons.